The highest BCUT2D eigenvalue weighted by Gasteiger charge is 2.08. The molecule has 0 atom stereocenters. The summed E-state index contributed by atoms with van der Waals surface area (Å²) < 4.78 is 6.82. The second kappa shape index (κ2) is 3.30. The molecule has 0 aliphatic heterocycles. The van der Waals surface area contributed by atoms with Crippen LogP contribution in [0.1, 0.15) is 0 Å². The fourth-order valence-electron chi connectivity index (χ4n) is 1.12. The van der Waals surface area contributed by atoms with E-state index in [1.54, 1.807) is 11.8 Å². The van der Waals surface area contributed by atoms with E-state index in [-0.39, 0.29) is 0 Å². The normalized spacial score (nSPS) is 10.8. The van der Waals surface area contributed by atoms with E-state index >= 15 is 0 Å². The molecule has 0 saturated carbocycles. The number of furan rings is 1. The molecule has 12 heavy (non-hydrogen) atoms. The number of para-hydroxylation sites is 1. The number of halogens is 1. The number of fused-ring (bicyclic) bond motifs is 1. The lowest BCUT2D eigenvalue weighted by Gasteiger charge is -1.86. The first-order valence-electron chi connectivity index (χ1n) is 3.54. The van der Waals surface area contributed by atoms with Crippen LogP contribution in [0.15, 0.2) is 33.8 Å². The number of benzene rings is 1. The lowest BCUT2D eigenvalue weighted by molar-refractivity contribution is 0.511. The zero-order valence-electron chi connectivity index (χ0n) is 6.50. The minimum absolute atomic E-state index is 0.978. The van der Waals surface area contributed by atoms with Crippen LogP contribution in [-0.4, -0.2) is 6.26 Å². The van der Waals surface area contributed by atoms with Gasteiger partial charge in [-0.05, 0) is 34.9 Å². The third-order valence-corrected chi connectivity index (χ3v) is 3.79. The molecule has 0 radical (unpaired) electrons. The number of hydrogen-bond acceptors (Lipinski definition) is 2. The Morgan fingerprint density at radius 1 is 1.33 bits per heavy atom. The molecule has 0 saturated heterocycles. The quantitative estimate of drug-likeness (QED) is 0.586. The molecule has 2 aromatic rings. The molecule has 0 fully saturated rings. The van der Waals surface area contributed by atoms with Crippen LogP contribution in [-0.2, 0) is 0 Å². The van der Waals surface area contributed by atoms with E-state index < -0.39 is 0 Å². The number of rotatable bonds is 1. The highest BCUT2D eigenvalue weighted by Crippen LogP contribution is 2.32. The van der Waals surface area contributed by atoms with Crippen LogP contribution in [0.4, 0.5) is 0 Å². The van der Waals surface area contributed by atoms with Gasteiger partial charge in [-0.2, -0.15) is 0 Å². The Bertz CT molecular complexity index is 408. The van der Waals surface area contributed by atoms with Gasteiger partial charge in [-0.3, -0.25) is 0 Å². The first kappa shape index (κ1) is 8.44. The Balaban J connectivity index is 2.78. The zero-order chi connectivity index (χ0) is 8.55. The van der Waals surface area contributed by atoms with Crippen molar-refractivity contribution in [3.05, 3.63) is 27.8 Å². The van der Waals surface area contributed by atoms with Crippen LogP contribution in [0.25, 0.3) is 11.0 Å². The second-order valence-electron chi connectivity index (χ2n) is 2.40. The number of thioether (sulfide) groups is 1. The second-order valence-corrected chi connectivity index (χ2v) is 4.26. The lowest BCUT2D eigenvalue weighted by Crippen LogP contribution is -1.67. The molecular formula is C9H7IOS. The van der Waals surface area contributed by atoms with Gasteiger partial charge in [0.2, 0.25) is 0 Å². The highest BCUT2D eigenvalue weighted by atomic mass is 127. The molecule has 3 heteroatoms. The van der Waals surface area contributed by atoms with E-state index in [9.17, 15) is 0 Å². The predicted molar refractivity (Wildman–Crippen MR) is 60.7 cm³/mol. The average Bonchev–Trinajstić information content (AvgIpc) is 2.44. The van der Waals surface area contributed by atoms with Gasteiger partial charge < -0.3 is 4.42 Å². The van der Waals surface area contributed by atoms with Gasteiger partial charge in [0.25, 0.3) is 0 Å². The Morgan fingerprint density at radius 3 is 2.75 bits per heavy atom. The van der Waals surface area contributed by atoms with Crippen LogP contribution >= 0.6 is 34.4 Å². The molecule has 1 aromatic carbocycles. The van der Waals surface area contributed by atoms with E-state index in [2.05, 4.69) is 28.7 Å². The molecule has 2 rings (SSSR count). The molecule has 1 aromatic heterocycles. The maximum atomic E-state index is 5.60. The van der Waals surface area contributed by atoms with Crippen LogP contribution in [0, 0.1) is 3.57 Å². The summed E-state index contributed by atoms with van der Waals surface area (Å²) in [5.41, 5.74) is 0.978. The molecule has 0 aliphatic rings. The Kier molecular flexibility index (Phi) is 2.32. The van der Waals surface area contributed by atoms with Crippen LogP contribution in [0.5, 0.6) is 0 Å². The van der Waals surface area contributed by atoms with Crippen molar-refractivity contribution < 1.29 is 4.42 Å². The summed E-state index contributed by atoms with van der Waals surface area (Å²) in [5.74, 6) is 0. The summed E-state index contributed by atoms with van der Waals surface area (Å²) in [5, 5.41) is 2.22. The molecule has 0 spiro atoms. The van der Waals surface area contributed by atoms with Gasteiger partial charge in [0, 0.05) is 5.39 Å². The van der Waals surface area contributed by atoms with E-state index in [0.29, 0.717) is 0 Å². The SMILES string of the molecule is CSc1oc2ccccc2c1I. The third-order valence-electron chi connectivity index (χ3n) is 1.69. The van der Waals surface area contributed by atoms with Gasteiger partial charge in [0.1, 0.15) is 5.58 Å². The first-order valence-corrected chi connectivity index (χ1v) is 5.84. The molecule has 1 nitrogen and oxygen atoms in total. The van der Waals surface area contributed by atoms with E-state index in [0.717, 1.165) is 10.7 Å². The van der Waals surface area contributed by atoms with Crippen LogP contribution in [0.2, 0.25) is 0 Å². The summed E-state index contributed by atoms with van der Waals surface area (Å²) >= 11 is 3.97. The zero-order valence-corrected chi connectivity index (χ0v) is 9.48. The minimum atomic E-state index is 0.978. The van der Waals surface area contributed by atoms with Crippen LogP contribution in [0.3, 0.4) is 0 Å². The number of hydrogen-bond donors (Lipinski definition) is 0. The monoisotopic (exact) mass is 290 g/mol. The Labute approximate surface area is 88.7 Å². The van der Waals surface area contributed by atoms with Gasteiger partial charge in [0.15, 0.2) is 5.09 Å². The average molecular weight is 290 g/mol. The summed E-state index contributed by atoms with van der Waals surface area (Å²) in [4.78, 5) is 0. The molecule has 0 N–H and O–H groups in total. The van der Waals surface area contributed by atoms with Crippen LogP contribution < -0.4 is 0 Å². The predicted octanol–water partition coefficient (Wildman–Crippen LogP) is 3.76. The molecule has 0 aliphatic carbocycles. The van der Waals surface area contributed by atoms with Crippen molar-refractivity contribution in [2.24, 2.45) is 0 Å². The van der Waals surface area contributed by atoms with E-state index in [1.807, 2.05) is 24.5 Å². The Morgan fingerprint density at radius 2 is 2.08 bits per heavy atom. The van der Waals surface area contributed by atoms with Crippen molar-refractivity contribution >= 4 is 45.3 Å². The third kappa shape index (κ3) is 1.25. The molecule has 0 amide bonds. The largest absolute Gasteiger partial charge is 0.449 e. The summed E-state index contributed by atoms with van der Waals surface area (Å²) in [6.07, 6.45) is 2.03. The molecule has 62 valence electrons. The van der Waals surface area contributed by atoms with Gasteiger partial charge in [-0.25, -0.2) is 0 Å². The maximum absolute atomic E-state index is 5.60. The lowest BCUT2D eigenvalue weighted by atomic mass is 10.3. The van der Waals surface area contributed by atoms with Gasteiger partial charge in [0.05, 0.1) is 3.57 Å². The van der Waals surface area contributed by atoms with Crippen molar-refractivity contribution in [3.8, 4) is 0 Å². The van der Waals surface area contributed by atoms with Crippen molar-refractivity contribution in [3.63, 3.8) is 0 Å². The smallest absolute Gasteiger partial charge is 0.174 e. The van der Waals surface area contributed by atoms with Crippen molar-refractivity contribution in [1.82, 2.24) is 0 Å². The molecule has 1 heterocycles. The fraction of sp³-hybridized carbons (Fsp3) is 0.111. The molecular weight excluding hydrogens is 283 g/mol. The van der Waals surface area contributed by atoms with E-state index in [4.69, 9.17) is 4.42 Å². The summed E-state index contributed by atoms with van der Waals surface area (Å²) in [6.45, 7) is 0. The first-order chi connectivity index (χ1) is 5.83. The van der Waals surface area contributed by atoms with Gasteiger partial charge in [-0.15, -0.1) is 0 Å². The standard InChI is InChI=1S/C9H7IOS/c1-12-9-8(10)6-4-2-3-5-7(6)11-9/h2-5H,1H3. The maximum Gasteiger partial charge on any atom is 0.174 e. The van der Waals surface area contributed by atoms with Crippen molar-refractivity contribution in [2.75, 3.05) is 6.26 Å². The van der Waals surface area contributed by atoms with Crippen molar-refractivity contribution in [2.45, 2.75) is 5.09 Å². The summed E-state index contributed by atoms with van der Waals surface area (Å²) in [7, 11) is 0. The molecule has 0 unspecified atom stereocenters. The van der Waals surface area contributed by atoms with E-state index in [1.165, 1.54) is 8.96 Å². The summed E-state index contributed by atoms with van der Waals surface area (Å²) in [6, 6.07) is 8.10. The van der Waals surface area contributed by atoms with Gasteiger partial charge in [-0.1, -0.05) is 30.0 Å². The van der Waals surface area contributed by atoms with Crippen molar-refractivity contribution in [1.29, 1.82) is 0 Å². The Hall–Kier alpha value is -0.160. The fourth-order valence-corrected chi connectivity index (χ4v) is 2.80. The molecule has 0 bridgehead atoms. The minimum Gasteiger partial charge on any atom is -0.449 e. The topological polar surface area (TPSA) is 13.1 Å². The van der Waals surface area contributed by atoms with Gasteiger partial charge >= 0.3 is 0 Å². The highest BCUT2D eigenvalue weighted by molar-refractivity contribution is 14.1.